The maximum atomic E-state index is 12.7. The van der Waals surface area contributed by atoms with E-state index < -0.39 is 32.5 Å². The molecule has 0 aromatic rings. The average molecular weight is 840 g/mol. The van der Waals surface area contributed by atoms with Crippen LogP contribution < -0.4 is 4.89 Å². The van der Waals surface area contributed by atoms with E-state index in [1.807, 2.05) is 21.1 Å². The molecule has 0 aromatic heterocycles. The molecule has 58 heavy (non-hydrogen) atoms. The van der Waals surface area contributed by atoms with E-state index in [-0.39, 0.29) is 26.1 Å². The fourth-order valence-corrected chi connectivity index (χ4v) is 7.16. The first-order valence-electron chi connectivity index (χ1n) is 23.7. The lowest BCUT2D eigenvalue weighted by molar-refractivity contribution is -0.870. The summed E-state index contributed by atoms with van der Waals surface area (Å²) in [6.45, 7) is 4.17. The number of esters is 2. The van der Waals surface area contributed by atoms with Crippen LogP contribution in [0.25, 0.3) is 0 Å². The molecule has 0 aliphatic carbocycles. The van der Waals surface area contributed by atoms with Crippen molar-refractivity contribution >= 4 is 19.8 Å². The minimum absolute atomic E-state index is 0.0373. The van der Waals surface area contributed by atoms with Crippen molar-refractivity contribution in [2.24, 2.45) is 0 Å². The maximum Gasteiger partial charge on any atom is 0.306 e. The Hall–Kier alpha value is -1.77. The molecule has 0 fully saturated rings. The van der Waals surface area contributed by atoms with E-state index in [2.05, 4.69) is 50.3 Å². The van der Waals surface area contributed by atoms with E-state index in [9.17, 15) is 19.0 Å². The molecule has 1 unspecified atom stereocenters. The predicted octanol–water partition coefficient (Wildman–Crippen LogP) is 13.1. The van der Waals surface area contributed by atoms with Gasteiger partial charge in [-0.25, -0.2) is 0 Å². The number of phosphoric acid groups is 1. The van der Waals surface area contributed by atoms with Crippen LogP contribution in [0, 0.1) is 0 Å². The molecular weight excluding hydrogens is 750 g/mol. The van der Waals surface area contributed by atoms with Crippen molar-refractivity contribution in [3.8, 4) is 0 Å². The Bertz CT molecular complexity index is 1090. The van der Waals surface area contributed by atoms with Gasteiger partial charge >= 0.3 is 11.9 Å². The van der Waals surface area contributed by atoms with E-state index in [0.717, 1.165) is 51.4 Å². The zero-order valence-electron chi connectivity index (χ0n) is 38.2. The smallest absolute Gasteiger partial charge is 0.306 e. The number of carbonyl (C=O) groups is 2. The second-order valence-corrected chi connectivity index (χ2v) is 18.5. The first-order chi connectivity index (χ1) is 28.0. The van der Waals surface area contributed by atoms with Crippen molar-refractivity contribution in [3.05, 3.63) is 36.5 Å². The molecule has 0 heterocycles. The SMILES string of the molecule is CCCCC/C=C/C/C=C/C/C=C/CCCCC(=O)O[C@H](COC(=O)CCCCCCCCCCCCCCCCCCCCC)COP(=O)([O-])OCC[N+](C)(C)C. The number of likely N-dealkylation sites (N-methyl/N-ethyl adjacent to an activating group) is 1. The number of carbonyl (C=O) groups excluding carboxylic acids is 2. The maximum absolute atomic E-state index is 12.7. The molecule has 0 aliphatic rings. The number of ether oxygens (including phenoxy) is 2. The number of allylic oxidation sites excluding steroid dienone is 6. The van der Waals surface area contributed by atoms with Crippen LogP contribution in [-0.2, 0) is 32.7 Å². The highest BCUT2D eigenvalue weighted by atomic mass is 31.2. The third-order valence-electron chi connectivity index (χ3n) is 10.2. The summed E-state index contributed by atoms with van der Waals surface area (Å²) in [6, 6.07) is 0. The predicted molar refractivity (Wildman–Crippen MR) is 241 cm³/mol. The molecule has 0 N–H and O–H groups in total. The third-order valence-corrected chi connectivity index (χ3v) is 11.1. The van der Waals surface area contributed by atoms with Gasteiger partial charge in [0, 0.05) is 12.8 Å². The summed E-state index contributed by atoms with van der Waals surface area (Å²) in [5.74, 6) is -0.872. The highest BCUT2D eigenvalue weighted by Crippen LogP contribution is 2.38. The Labute approximate surface area is 357 Å². The molecule has 10 heteroatoms. The number of unbranched alkanes of at least 4 members (excludes halogenated alkanes) is 23. The molecule has 0 aromatic carbocycles. The lowest BCUT2D eigenvalue weighted by atomic mass is 10.0. The van der Waals surface area contributed by atoms with Crippen molar-refractivity contribution in [2.75, 3.05) is 47.5 Å². The largest absolute Gasteiger partial charge is 0.756 e. The van der Waals surface area contributed by atoms with E-state index >= 15 is 0 Å². The van der Waals surface area contributed by atoms with Gasteiger partial charge in [0.15, 0.2) is 6.10 Å². The van der Waals surface area contributed by atoms with Crippen LogP contribution in [0.15, 0.2) is 36.5 Å². The van der Waals surface area contributed by atoms with Crippen LogP contribution in [0.3, 0.4) is 0 Å². The second kappa shape index (κ2) is 40.6. The standard InChI is InChI=1S/C48H90NO8P/c1-6-8-10-12-14-16-18-20-22-23-24-25-27-28-30-32-34-36-38-40-47(50)54-44-46(45-56-58(52,53)55-43-42-49(3,4)5)57-48(51)41-39-37-35-33-31-29-26-21-19-17-15-13-11-9-7-2/h15,17,21,26,31,33,46H,6-14,16,18-20,22-25,27-30,32,34-45H2,1-5H3/b17-15+,26-21+,33-31+/t46-/m1/s1. The van der Waals surface area contributed by atoms with Crippen molar-refractivity contribution in [1.82, 2.24) is 0 Å². The molecule has 9 nitrogen and oxygen atoms in total. The van der Waals surface area contributed by atoms with Crippen LogP contribution in [0.2, 0.25) is 0 Å². The normalized spacial score (nSPS) is 13.8. The van der Waals surface area contributed by atoms with Crippen molar-refractivity contribution in [1.29, 1.82) is 0 Å². The molecule has 0 radical (unpaired) electrons. The van der Waals surface area contributed by atoms with Crippen LogP contribution in [0.5, 0.6) is 0 Å². The summed E-state index contributed by atoms with van der Waals surface area (Å²) in [5, 5.41) is 0. The van der Waals surface area contributed by atoms with Gasteiger partial charge in [0.05, 0.1) is 27.7 Å². The number of phosphoric ester groups is 1. The third kappa shape index (κ3) is 43.8. The average Bonchev–Trinajstić information content (AvgIpc) is 3.17. The quantitative estimate of drug-likeness (QED) is 0.0196. The highest BCUT2D eigenvalue weighted by molar-refractivity contribution is 7.45. The Morgan fingerprint density at radius 2 is 0.931 bits per heavy atom. The summed E-state index contributed by atoms with van der Waals surface area (Å²) in [4.78, 5) is 37.6. The van der Waals surface area contributed by atoms with Gasteiger partial charge in [-0.15, -0.1) is 0 Å². The number of hydrogen-bond acceptors (Lipinski definition) is 8. The van der Waals surface area contributed by atoms with Gasteiger partial charge in [0.25, 0.3) is 7.82 Å². The fraction of sp³-hybridized carbons (Fsp3) is 0.833. The molecule has 0 saturated heterocycles. The molecule has 0 aliphatic heterocycles. The summed E-state index contributed by atoms with van der Waals surface area (Å²) in [6.07, 6.45) is 46.0. The summed E-state index contributed by atoms with van der Waals surface area (Å²) < 4.78 is 33.9. The van der Waals surface area contributed by atoms with Crippen molar-refractivity contribution in [2.45, 2.75) is 213 Å². The highest BCUT2D eigenvalue weighted by Gasteiger charge is 2.21. The molecule has 0 saturated carbocycles. The monoisotopic (exact) mass is 840 g/mol. The van der Waals surface area contributed by atoms with Crippen molar-refractivity contribution < 1.29 is 42.1 Å². The first kappa shape index (κ1) is 56.2. The number of quaternary nitrogens is 1. The van der Waals surface area contributed by atoms with E-state index in [1.165, 1.54) is 122 Å². The van der Waals surface area contributed by atoms with Gasteiger partial charge in [-0.2, -0.15) is 0 Å². The fourth-order valence-electron chi connectivity index (χ4n) is 6.43. The van der Waals surface area contributed by atoms with Crippen LogP contribution in [0.4, 0.5) is 0 Å². The zero-order valence-corrected chi connectivity index (χ0v) is 39.1. The van der Waals surface area contributed by atoms with Crippen LogP contribution in [0.1, 0.15) is 206 Å². The Kier molecular flexibility index (Phi) is 39.4. The lowest BCUT2D eigenvalue weighted by Gasteiger charge is -2.28. The van der Waals surface area contributed by atoms with E-state index in [4.69, 9.17) is 18.5 Å². The minimum Gasteiger partial charge on any atom is -0.756 e. The van der Waals surface area contributed by atoms with E-state index in [0.29, 0.717) is 17.4 Å². The molecule has 340 valence electrons. The molecule has 0 amide bonds. The van der Waals surface area contributed by atoms with Gasteiger partial charge in [0.1, 0.15) is 19.8 Å². The molecule has 0 spiro atoms. The summed E-state index contributed by atoms with van der Waals surface area (Å²) >= 11 is 0. The van der Waals surface area contributed by atoms with Gasteiger partial charge < -0.3 is 27.9 Å². The number of hydrogen-bond donors (Lipinski definition) is 0. The Balaban J connectivity index is 4.32. The minimum atomic E-state index is -4.63. The number of nitrogens with zero attached hydrogens (tertiary/aromatic N) is 1. The van der Waals surface area contributed by atoms with Crippen LogP contribution in [-0.4, -0.2) is 70.0 Å². The van der Waals surface area contributed by atoms with Gasteiger partial charge in [-0.3, -0.25) is 14.2 Å². The van der Waals surface area contributed by atoms with Gasteiger partial charge in [-0.05, 0) is 51.4 Å². The Morgan fingerprint density at radius 1 is 0.534 bits per heavy atom. The zero-order chi connectivity index (χ0) is 42.8. The Morgan fingerprint density at radius 3 is 1.41 bits per heavy atom. The molecular formula is C48H90NO8P. The topological polar surface area (TPSA) is 111 Å². The second-order valence-electron chi connectivity index (χ2n) is 17.1. The summed E-state index contributed by atoms with van der Waals surface area (Å²) in [7, 11) is 1.14. The lowest BCUT2D eigenvalue weighted by Crippen LogP contribution is -2.37. The molecule has 2 atom stereocenters. The number of rotatable bonds is 43. The molecule has 0 rings (SSSR count). The van der Waals surface area contributed by atoms with E-state index in [1.54, 1.807) is 0 Å². The van der Waals surface area contributed by atoms with Gasteiger partial charge in [-0.1, -0.05) is 179 Å². The summed E-state index contributed by atoms with van der Waals surface area (Å²) in [5.41, 5.74) is 0. The first-order valence-corrected chi connectivity index (χ1v) is 25.2. The van der Waals surface area contributed by atoms with Crippen LogP contribution >= 0.6 is 7.82 Å². The van der Waals surface area contributed by atoms with Crippen molar-refractivity contribution in [3.63, 3.8) is 0 Å². The molecule has 0 bridgehead atoms. The van der Waals surface area contributed by atoms with Gasteiger partial charge in [0.2, 0.25) is 0 Å².